The number of phenols is 2. The average molecular weight is 423 g/mol. The van der Waals surface area contributed by atoms with E-state index in [2.05, 4.69) is 13.8 Å². The number of benzene rings is 1. The molecule has 0 saturated carbocycles. The van der Waals surface area contributed by atoms with E-state index in [0.29, 0.717) is 0 Å². The molecule has 0 unspecified atom stereocenters. The Labute approximate surface area is 180 Å². The first-order valence-corrected chi connectivity index (χ1v) is 11.4. The van der Waals surface area contributed by atoms with Gasteiger partial charge in [-0.3, -0.25) is 0 Å². The maximum atomic E-state index is 12.4. The molecule has 0 bridgehead atoms. The zero-order valence-corrected chi connectivity index (χ0v) is 18.6. The van der Waals surface area contributed by atoms with E-state index in [1.807, 2.05) is 0 Å². The van der Waals surface area contributed by atoms with Gasteiger partial charge in [0.1, 0.15) is 0 Å². The van der Waals surface area contributed by atoms with Crippen molar-refractivity contribution in [3.8, 4) is 11.5 Å². The van der Waals surface area contributed by atoms with E-state index in [-0.39, 0.29) is 24.3 Å². The van der Waals surface area contributed by atoms with E-state index < -0.39 is 23.4 Å². The maximum absolute atomic E-state index is 12.4. The topological polar surface area (TPSA) is 93.1 Å². The van der Waals surface area contributed by atoms with Crippen molar-refractivity contribution in [3.05, 3.63) is 23.3 Å². The highest BCUT2D eigenvalue weighted by Crippen LogP contribution is 2.29. The van der Waals surface area contributed by atoms with Crippen LogP contribution in [0, 0.1) is 0 Å². The van der Waals surface area contributed by atoms with Crippen LogP contribution in [0.1, 0.15) is 112 Å². The molecule has 6 heteroatoms. The van der Waals surface area contributed by atoms with Crippen LogP contribution in [0.25, 0.3) is 0 Å². The Morgan fingerprint density at radius 1 is 0.633 bits per heavy atom. The van der Waals surface area contributed by atoms with Gasteiger partial charge in [-0.05, 0) is 25.0 Å². The Balaban J connectivity index is 2.55. The van der Waals surface area contributed by atoms with Gasteiger partial charge < -0.3 is 19.7 Å². The lowest BCUT2D eigenvalue weighted by molar-refractivity contribution is 0.0449. The third-order valence-corrected chi connectivity index (χ3v) is 5.02. The molecule has 2 N–H and O–H groups in total. The molecule has 6 nitrogen and oxygen atoms in total. The number of rotatable bonds is 16. The Morgan fingerprint density at radius 2 is 0.967 bits per heavy atom. The van der Waals surface area contributed by atoms with Crippen LogP contribution < -0.4 is 0 Å². The summed E-state index contributed by atoms with van der Waals surface area (Å²) in [5.41, 5.74) is -0.187. The molecule has 170 valence electrons. The highest BCUT2D eigenvalue weighted by Gasteiger charge is 2.22. The highest BCUT2D eigenvalue weighted by molar-refractivity contribution is 6.04. The normalized spacial score (nSPS) is 10.7. The third-order valence-electron chi connectivity index (χ3n) is 5.02. The molecule has 0 saturated heterocycles. The van der Waals surface area contributed by atoms with Crippen LogP contribution in [0.5, 0.6) is 11.5 Å². The van der Waals surface area contributed by atoms with Crippen molar-refractivity contribution in [2.45, 2.75) is 90.9 Å². The maximum Gasteiger partial charge on any atom is 0.339 e. The van der Waals surface area contributed by atoms with Crippen molar-refractivity contribution in [2.75, 3.05) is 13.2 Å². The predicted octanol–water partition coefficient (Wildman–Crippen LogP) is 6.13. The summed E-state index contributed by atoms with van der Waals surface area (Å²) >= 11 is 0. The van der Waals surface area contributed by atoms with Crippen molar-refractivity contribution in [2.24, 2.45) is 0 Å². The lowest BCUT2D eigenvalue weighted by Crippen LogP contribution is -2.15. The van der Waals surface area contributed by atoms with Crippen molar-refractivity contribution in [1.82, 2.24) is 0 Å². The molecule has 1 aromatic carbocycles. The van der Waals surface area contributed by atoms with E-state index in [0.717, 1.165) is 50.7 Å². The number of hydrogen-bond donors (Lipinski definition) is 2. The molecule has 0 aliphatic heterocycles. The molecule has 0 aliphatic carbocycles. The first kappa shape index (κ1) is 25.8. The summed E-state index contributed by atoms with van der Waals surface area (Å²) in [7, 11) is 0. The number of hydrogen-bond acceptors (Lipinski definition) is 6. The van der Waals surface area contributed by atoms with Crippen LogP contribution in [0.4, 0.5) is 0 Å². The Kier molecular flexibility index (Phi) is 13.4. The van der Waals surface area contributed by atoms with Gasteiger partial charge in [-0.2, -0.15) is 0 Å². The summed E-state index contributed by atoms with van der Waals surface area (Å²) in [5, 5.41) is 19.5. The van der Waals surface area contributed by atoms with Crippen LogP contribution in [0.15, 0.2) is 12.1 Å². The van der Waals surface area contributed by atoms with Gasteiger partial charge in [-0.25, -0.2) is 9.59 Å². The molecule has 0 aromatic heterocycles. The number of esters is 2. The van der Waals surface area contributed by atoms with Crippen LogP contribution in [-0.2, 0) is 9.47 Å². The standard InChI is InChI=1S/C24H38O6/c1-3-5-7-9-11-13-15-29-23(27)19-17-21(25)22(26)18-20(19)24(28)30-16-14-12-10-8-6-4-2/h17-18,25-26H,3-16H2,1-2H3. The molecular formula is C24H38O6. The lowest BCUT2D eigenvalue weighted by atomic mass is 10.1. The van der Waals surface area contributed by atoms with E-state index in [4.69, 9.17) is 9.47 Å². The lowest BCUT2D eigenvalue weighted by Gasteiger charge is -2.11. The van der Waals surface area contributed by atoms with E-state index in [9.17, 15) is 19.8 Å². The molecule has 0 atom stereocenters. The quantitative estimate of drug-likeness (QED) is 0.189. The fraction of sp³-hybridized carbons (Fsp3) is 0.667. The molecular weight excluding hydrogens is 384 g/mol. The van der Waals surface area contributed by atoms with Gasteiger partial charge in [0.15, 0.2) is 11.5 Å². The van der Waals surface area contributed by atoms with Gasteiger partial charge in [0.2, 0.25) is 0 Å². The molecule has 0 fully saturated rings. The minimum absolute atomic E-state index is 0.0933. The summed E-state index contributed by atoms with van der Waals surface area (Å²) in [6.07, 6.45) is 12.7. The Morgan fingerprint density at radius 3 is 1.33 bits per heavy atom. The van der Waals surface area contributed by atoms with Gasteiger partial charge in [0, 0.05) is 0 Å². The van der Waals surface area contributed by atoms with Crippen molar-refractivity contribution in [3.63, 3.8) is 0 Å². The minimum atomic E-state index is -0.703. The van der Waals surface area contributed by atoms with Gasteiger partial charge in [-0.15, -0.1) is 0 Å². The number of phenolic OH excluding ortho intramolecular Hbond substituents is 2. The number of unbranched alkanes of at least 4 members (excludes halogenated alkanes) is 10. The van der Waals surface area contributed by atoms with Gasteiger partial charge >= 0.3 is 11.9 Å². The van der Waals surface area contributed by atoms with Gasteiger partial charge in [-0.1, -0.05) is 78.1 Å². The number of carbonyl (C=O) groups is 2. The third kappa shape index (κ3) is 9.99. The molecule has 0 radical (unpaired) electrons. The predicted molar refractivity (Wildman–Crippen MR) is 117 cm³/mol. The summed E-state index contributed by atoms with van der Waals surface area (Å²) in [6, 6.07) is 2.11. The van der Waals surface area contributed by atoms with Crippen molar-refractivity contribution in [1.29, 1.82) is 0 Å². The molecule has 1 rings (SSSR count). The molecule has 0 amide bonds. The summed E-state index contributed by atoms with van der Waals surface area (Å²) in [6.45, 7) is 4.81. The number of ether oxygens (including phenoxy) is 2. The van der Waals surface area contributed by atoms with Crippen LogP contribution in [0.2, 0.25) is 0 Å². The van der Waals surface area contributed by atoms with Crippen molar-refractivity contribution < 1.29 is 29.3 Å². The van der Waals surface area contributed by atoms with E-state index in [1.165, 1.54) is 38.5 Å². The summed E-state index contributed by atoms with van der Waals surface area (Å²) in [5.74, 6) is -2.36. The second-order valence-corrected chi connectivity index (χ2v) is 7.69. The Hall–Kier alpha value is -2.24. The van der Waals surface area contributed by atoms with Gasteiger partial charge in [0.25, 0.3) is 0 Å². The fourth-order valence-corrected chi connectivity index (χ4v) is 3.16. The fourth-order valence-electron chi connectivity index (χ4n) is 3.16. The van der Waals surface area contributed by atoms with Crippen LogP contribution >= 0.6 is 0 Å². The second-order valence-electron chi connectivity index (χ2n) is 7.69. The first-order valence-electron chi connectivity index (χ1n) is 11.4. The minimum Gasteiger partial charge on any atom is -0.504 e. The molecule has 0 aliphatic rings. The molecule has 0 heterocycles. The number of aromatic hydroxyl groups is 2. The highest BCUT2D eigenvalue weighted by atomic mass is 16.5. The zero-order valence-electron chi connectivity index (χ0n) is 18.6. The molecule has 30 heavy (non-hydrogen) atoms. The van der Waals surface area contributed by atoms with Crippen LogP contribution in [-0.4, -0.2) is 35.4 Å². The second kappa shape index (κ2) is 15.6. The monoisotopic (exact) mass is 422 g/mol. The van der Waals surface area contributed by atoms with E-state index in [1.54, 1.807) is 0 Å². The summed E-state index contributed by atoms with van der Waals surface area (Å²) in [4.78, 5) is 24.8. The Bertz CT molecular complexity index is 586. The van der Waals surface area contributed by atoms with Crippen LogP contribution in [0.3, 0.4) is 0 Å². The molecule has 0 spiro atoms. The zero-order chi connectivity index (χ0) is 22.2. The average Bonchev–Trinajstić information content (AvgIpc) is 2.73. The first-order chi connectivity index (χ1) is 14.5. The summed E-state index contributed by atoms with van der Waals surface area (Å²) < 4.78 is 10.5. The molecule has 1 aromatic rings. The van der Waals surface area contributed by atoms with Crippen molar-refractivity contribution >= 4 is 11.9 Å². The van der Waals surface area contributed by atoms with E-state index >= 15 is 0 Å². The largest absolute Gasteiger partial charge is 0.504 e. The SMILES string of the molecule is CCCCCCCCOC(=O)c1cc(O)c(O)cc1C(=O)OCCCCCCCC. The smallest absolute Gasteiger partial charge is 0.339 e. The van der Waals surface area contributed by atoms with Gasteiger partial charge in [0.05, 0.1) is 24.3 Å². The number of carbonyl (C=O) groups excluding carboxylic acids is 2.